The molecule has 0 fully saturated rings. The van der Waals surface area contributed by atoms with E-state index in [0.717, 1.165) is 6.42 Å². The van der Waals surface area contributed by atoms with Gasteiger partial charge in [0.15, 0.2) is 11.5 Å². The van der Waals surface area contributed by atoms with Gasteiger partial charge >= 0.3 is 0 Å². The Morgan fingerprint density at radius 3 is 3.00 bits per heavy atom. The zero-order valence-electron chi connectivity index (χ0n) is 11.1. The lowest BCUT2D eigenvalue weighted by atomic mass is 10.2. The van der Waals surface area contributed by atoms with Crippen LogP contribution in [0.1, 0.15) is 13.3 Å². The van der Waals surface area contributed by atoms with Crippen molar-refractivity contribution in [3.8, 4) is 11.5 Å². The number of benzene rings is 1. The fourth-order valence-corrected chi connectivity index (χ4v) is 1.79. The van der Waals surface area contributed by atoms with Crippen molar-refractivity contribution in [2.24, 2.45) is 0 Å². The van der Waals surface area contributed by atoms with E-state index in [0.29, 0.717) is 31.3 Å². The summed E-state index contributed by atoms with van der Waals surface area (Å²) in [4.78, 5) is 11.9. The van der Waals surface area contributed by atoms with Crippen LogP contribution in [0, 0.1) is 0 Å². The number of carbonyl (C=O) groups excluding carboxylic acids is 1. The molecule has 5 nitrogen and oxygen atoms in total. The van der Waals surface area contributed by atoms with Gasteiger partial charge in [-0.1, -0.05) is 12.1 Å². The minimum Gasteiger partial charge on any atom is -0.485 e. The number of rotatable bonds is 6. The molecule has 1 aromatic carbocycles. The summed E-state index contributed by atoms with van der Waals surface area (Å²) >= 11 is 0. The SMILES string of the molecule is CCOCCCNC(=O)[C@H]1COc2ccccc2O1. The van der Waals surface area contributed by atoms with Crippen LogP contribution in [0.4, 0.5) is 0 Å². The van der Waals surface area contributed by atoms with Crippen molar-refractivity contribution >= 4 is 5.91 Å². The highest BCUT2D eigenvalue weighted by Crippen LogP contribution is 2.30. The van der Waals surface area contributed by atoms with Crippen LogP contribution in [0.2, 0.25) is 0 Å². The van der Waals surface area contributed by atoms with E-state index in [9.17, 15) is 4.79 Å². The molecule has 0 saturated heterocycles. The van der Waals surface area contributed by atoms with Crippen LogP contribution >= 0.6 is 0 Å². The number of para-hydroxylation sites is 2. The fraction of sp³-hybridized carbons (Fsp3) is 0.500. The van der Waals surface area contributed by atoms with Crippen LogP contribution in [0.5, 0.6) is 11.5 Å². The third-order valence-electron chi connectivity index (χ3n) is 2.77. The molecule has 0 unspecified atom stereocenters. The van der Waals surface area contributed by atoms with Crippen molar-refractivity contribution in [2.75, 3.05) is 26.4 Å². The van der Waals surface area contributed by atoms with Crippen LogP contribution < -0.4 is 14.8 Å². The van der Waals surface area contributed by atoms with Gasteiger partial charge in [-0.05, 0) is 25.5 Å². The average molecular weight is 265 g/mol. The van der Waals surface area contributed by atoms with Crippen molar-refractivity contribution < 1.29 is 19.0 Å². The Kier molecular flexibility index (Phi) is 5.03. The topological polar surface area (TPSA) is 56.8 Å². The van der Waals surface area contributed by atoms with Crippen LogP contribution in [-0.2, 0) is 9.53 Å². The van der Waals surface area contributed by atoms with Crippen molar-refractivity contribution in [3.63, 3.8) is 0 Å². The summed E-state index contributed by atoms with van der Waals surface area (Å²) in [5.74, 6) is 1.15. The van der Waals surface area contributed by atoms with Crippen molar-refractivity contribution in [1.29, 1.82) is 0 Å². The summed E-state index contributed by atoms with van der Waals surface area (Å²) < 4.78 is 16.3. The second kappa shape index (κ2) is 6.99. The van der Waals surface area contributed by atoms with Gasteiger partial charge in [0, 0.05) is 19.8 Å². The fourth-order valence-electron chi connectivity index (χ4n) is 1.79. The normalized spacial score (nSPS) is 17.0. The third kappa shape index (κ3) is 3.86. The molecule has 104 valence electrons. The highest BCUT2D eigenvalue weighted by molar-refractivity contribution is 5.81. The molecule has 1 atom stereocenters. The van der Waals surface area contributed by atoms with Crippen molar-refractivity contribution in [3.05, 3.63) is 24.3 Å². The second-order valence-corrected chi connectivity index (χ2v) is 4.21. The molecule has 1 N–H and O–H groups in total. The van der Waals surface area contributed by atoms with E-state index in [1.54, 1.807) is 6.07 Å². The van der Waals surface area contributed by atoms with Crippen LogP contribution in [-0.4, -0.2) is 38.4 Å². The zero-order chi connectivity index (χ0) is 13.5. The molecule has 1 aromatic rings. The largest absolute Gasteiger partial charge is 0.485 e. The van der Waals surface area contributed by atoms with Gasteiger partial charge in [0.05, 0.1) is 0 Å². The van der Waals surface area contributed by atoms with Gasteiger partial charge in [0.2, 0.25) is 6.10 Å². The van der Waals surface area contributed by atoms with Crippen molar-refractivity contribution in [2.45, 2.75) is 19.4 Å². The number of amides is 1. The number of carbonyl (C=O) groups is 1. The first-order chi connectivity index (χ1) is 9.31. The monoisotopic (exact) mass is 265 g/mol. The van der Waals surface area contributed by atoms with E-state index in [1.165, 1.54) is 0 Å². The van der Waals surface area contributed by atoms with Gasteiger partial charge in [-0.25, -0.2) is 0 Å². The van der Waals surface area contributed by atoms with Crippen LogP contribution in [0.3, 0.4) is 0 Å². The number of ether oxygens (including phenoxy) is 3. The first-order valence-corrected chi connectivity index (χ1v) is 6.55. The maximum absolute atomic E-state index is 11.9. The Morgan fingerprint density at radius 2 is 2.21 bits per heavy atom. The van der Waals surface area contributed by atoms with E-state index in [4.69, 9.17) is 14.2 Å². The van der Waals surface area contributed by atoms with Gasteiger partial charge < -0.3 is 19.5 Å². The zero-order valence-corrected chi connectivity index (χ0v) is 11.1. The number of fused-ring (bicyclic) bond motifs is 1. The first-order valence-electron chi connectivity index (χ1n) is 6.55. The molecule has 1 heterocycles. The summed E-state index contributed by atoms with van der Waals surface area (Å²) in [5, 5.41) is 2.82. The Labute approximate surface area is 112 Å². The molecule has 2 rings (SSSR count). The smallest absolute Gasteiger partial charge is 0.264 e. The molecular weight excluding hydrogens is 246 g/mol. The van der Waals surface area contributed by atoms with E-state index in [1.807, 2.05) is 25.1 Å². The predicted octanol–water partition coefficient (Wildman–Crippen LogP) is 1.37. The quantitative estimate of drug-likeness (QED) is 0.789. The molecule has 0 bridgehead atoms. The second-order valence-electron chi connectivity index (χ2n) is 4.21. The molecule has 0 saturated carbocycles. The molecule has 0 spiro atoms. The number of hydrogen-bond acceptors (Lipinski definition) is 4. The lowest BCUT2D eigenvalue weighted by molar-refractivity contribution is -0.130. The molecular formula is C14H19NO4. The molecule has 19 heavy (non-hydrogen) atoms. The lowest BCUT2D eigenvalue weighted by Gasteiger charge is -2.25. The summed E-state index contributed by atoms with van der Waals surface area (Å²) in [5.41, 5.74) is 0. The maximum atomic E-state index is 11.9. The standard InChI is InChI=1S/C14H19NO4/c1-2-17-9-5-8-15-14(16)13-10-18-11-6-3-4-7-12(11)19-13/h3-4,6-7,13H,2,5,8-10H2,1H3,(H,15,16)/t13-/m1/s1. The van der Waals surface area contributed by atoms with Crippen LogP contribution in [0.25, 0.3) is 0 Å². The molecule has 0 aliphatic carbocycles. The minimum absolute atomic E-state index is 0.147. The highest BCUT2D eigenvalue weighted by atomic mass is 16.6. The molecule has 1 aliphatic heterocycles. The van der Waals surface area contributed by atoms with E-state index < -0.39 is 6.10 Å². The Morgan fingerprint density at radius 1 is 1.42 bits per heavy atom. The highest BCUT2D eigenvalue weighted by Gasteiger charge is 2.26. The summed E-state index contributed by atoms with van der Waals surface area (Å²) in [7, 11) is 0. The Hall–Kier alpha value is -1.75. The maximum Gasteiger partial charge on any atom is 0.264 e. The summed E-state index contributed by atoms with van der Waals surface area (Å²) in [6.45, 7) is 4.13. The molecule has 0 aromatic heterocycles. The molecule has 0 radical (unpaired) electrons. The van der Waals surface area contributed by atoms with Gasteiger partial charge in [-0.15, -0.1) is 0 Å². The lowest BCUT2D eigenvalue weighted by Crippen LogP contribution is -2.44. The Balaban J connectivity index is 1.76. The van der Waals surface area contributed by atoms with Crippen LogP contribution in [0.15, 0.2) is 24.3 Å². The van der Waals surface area contributed by atoms with Gasteiger partial charge in [-0.2, -0.15) is 0 Å². The average Bonchev–Trinajstić information content (AvgIpc) is 2.46. The van der Waals surface area contributed by atoms with Gasteiger partial charge in [-0.3, -0.25) is 4.79 Å². The minimum atomic E-state index is -0.581. The summed E-state index contributed by atoms with van der Waals surface area (Å²) in [6.07, 6.45) is 0.214. The first kappa shape index (κ1) is 13.7. The molecule has 5 heteroatoms. The van der Waals surface area contributed by atoms with E-state index in [-0.39, 0.29) is 12.5 Å². The van der Waals surface area contributed by atoms with Crippen molar-refractivity contribution in [1.82, 2.24) is 5.32 Å². The molecule has 1 aliphatic rings. The van der Waals surface area contributed by atoms with Gasteiger partial charge in [0.25, 0.3) is 5.91 Å². The third-order valence-corrected chi connectivity index (χ3v) is 2.77. The molecule has 1 amide bonds. The predicted molar refractivity (Wildman–Crippen MR) is 70.5 cm³/mol. The van der Waals surface area contributed by atoms with E-state index >= 15 is 0 Å². The van der Waals surface area contributed by atoms with E-state index in [2.05, 4.69) is 5.32 Å². The summed E-state index contributed by atoms with van der Waals surface area (Å²) in [6, 6.07) is 7.34. The number of nitrogens with one attached hydrogen (secondary N) is 1. The Bertz CT molecular complexity index is 422. The van der Waals surface area contributed by atoms with Gasteiger partial charge in [0.1, 0.15) is 6.61 Å². The number of hydrogen-bond donors (Lipinski definition) is 1.